The predicted molar refractivity (Wildman–Crippen MR) is 68.5 cm³/mol. The van der Waals surface area contributed by atoms with Gasteiger partial charge in [-0.15, -0.1) is 11.3 Å². The van der Waals surface area contributed by atoms with Crippen LogP contribution in [-0.2, 0) is 11.3 Å². The quantitative estimate of drug-likeness (QED) is 0.884. The summed E-state index contributed by atoms with van der Waals surface area (Å²) in [7, 11) is 1.85. The number of hydrogen-bond acceptors (Lipinski definition) is 4. The van der Waals surface area contributed by atoms with Gasteiger partial charge in [0, 0.05) is 18.3 Å². The van der Waals surface area contributed by atoms with E-state index in [1.807, 2.05) is 12.4 Å². The third-order valence-electron chi connectivity index (χ3n) is 3.54. The van der Waals surface area contributed by atoms with Crippen LogP contribution in [-0.4, -0.2) is 29.4 Å². The molecule has 1 amide bonds. The molecule has 0 aromatic carbocycles. The molecule has 0 unspecified atom stereocenters. The van der Waals surface area contributed by atoms with Crippen molar-refractivity contribution in [3.05, 3.63) is 16.6 Å². The number of carbonyl (C=O) groups excluding carboxylic acids is 1. The summed E-state index contributed by atoms with van der Waals surface area (Å²) in [4.78, 5) is 18.3. The summed E-state index contributed by atoms with van der Waals surface area (Å²) < 4.78 is 0. The summed E-state index contributed by atoms with van der Waals surface area (Å²) >= 11 is 1.56. The second-order valence-corrected chi connectivity index (χ2v) is 5.43. The molecule has 0 saturated heterocycles. The Labute approximate surface area is 106 Å². The number of nitrogens with zero attached hydrogens (tertiary/aromatic N) is 2. The first-order valence-electron chi connectivity index (χ1n) is 6.04. The Hall–Kier alpha value is -0.940. The van der Waals surface area contributed by atoms with Gasteiger partial charge in [-0.2, -0.15) is 0 Å². The summed E-state index contributed by atoms with van der Waals surface area (Å²) in [5, 5.41) is 1.98. The Morgan fingerprint density at radius 1 is 1.65 bits per heavy atom. The van der Waals surface area contributed by atoms with Gasteiger partial charge in [-0.05, 0) is 25.3 Å². The molecule has 1 aliphatic carbocycles. The second kappa shape index (κ2) is 5.60. The molecule has 0 radical (unpaired) electrons. The first-order chi connectivity index (χ1) is 8.22. The topological polar surface area (TPSA) is 59.2 Å². The van der Waals surface area contributed by atoms with Crippen LogP contribution >= 0.6 is 11.3 Å². The van der Waals surface area contributed by atoms with Crippen LogP contribution in [0.1, 0.15) is 25.0 Å². The predicted octanol–water partition coefficient (Wildman–Crippen LogP) is 1.48. The van der Waals surface area contributed by atoms with Gasteiger partial charge in [-0.25, -0.2) is 4.98 Å². The number of nitrogens with two attached hydrogens (primary N) is 1. The fourth-order valence-electron chi connectivity index (χ4n) is 2.56. The molecule has 0 spiro atoms. The van der Waals surface area contributed by atoms with Gasteiger partial charge in [0.1, 0.15) is 0 Å². The minimum absolute atomic E-state index is 0.128. The van der Waals surface area contributed by atoms with Crippen LogP contribution in [0.4, 0.5) is 0 Å². The average Bonchev–Trinajstić information content (AvgIpc) is 2.97. The Morgan fingerprint density at radius 3 is 3.12 bits per heavy atom. The zero-order valence-electron chi connectivity index (χ0n) is 10.1. The van der Waals surface area contributed by atoms with Gasteiger partial charge >= 0.3 is 0 Å². The second-order valence-electron chi connectivity index (χ2n) is 4.71. The molecule has 2 N–H and O–H groups in total. The largest absolute Gasteiger partial charge is 0.340 e. The lowest BCUT2D eigenvalue weighted by Gasteiger charge is -2.23. The third kappa shape index (κ3) is 2.84. The molecule has 2 rings (SSSR count). The summed E-state index contributed by atoms with van der Waals surface area (Å²) in [6, 6.07) is 0. The molecule has 2 atom stereocenters. The Bertz CT molecular complexity index is 366. The highest BCUT2D eigenvalue weighted by atomic mass is 32.1. The lowest BCUT2D eigenvalue weighted by Crippen LogP contribution is -2.36. The van der Waals surface area contributed by atoms with Gasteiger partial charge < -0.3 is 10.6 Å². The standard InChI is InChI=1S/C12H19N3OS/c1-15(6-10-7-17-8-14-10)12(16)11-4-2-3-9(11)5-13/h7-9,11H,2-6,13H2,1H3/t9-,11-/m1/s1. The number of amides is 1. The number of aromatic nitrogens is 1. The number of carbonyl (C=O) groups is 1. The van der Waals surface area contributed by atoms with Crippen LogP contribution in [0, 0.1) is 11.8 Å². The molecule has 5 heteroatoms. The van der Waals surface area contributed by atoms with E-state index in [0.29, 0.717) is 19.0 Å². The molecular weight excluding hydrogens is 234 g/mol. The summed E-state index contributed by atoms with van der Waals surface area (Å²) in [6.07, 6.45) is 3.21. The normalized spacial score (nSPS) is 23.9. The third-order valence-corrected chi connectivity index (χ3v) is 4.17. The minimum atomic E-state index is 0.128. The molecule has 0 aliphatic heterocycles. The Kier molecular flexibility index (Phi) is 4.12. The minimum Gasteiger partial charge on any atom is -0.340 e. The van der Waals surface area contributed by atoms with Gasteiger partial charge in [0.05, 0.1) is 17.7 Å². The van der Waals surface area contributed by atoms with E-state index in [1.165, 1.54) is 0 Å². The maximum atomic E-state index is 12.3. The highest BCUT2D eigenvalue weighted by Crippen LogP contribution is 2.32. The first-order valence-corrected chi connectivity index (χ1v) is 6.98. The lowest BCUT2D eigenvalue weighted by atomic mass is 9.95. The van der Waals surface area contributed by atoms with Crippen molar-refractivity contribution in [2.45, 2.75) is 25.8 Å². The van der Waals surface area contributed by atoms with E-state index in [0.717, 1.165) is 25.0 Å². The summed E-state index contributed by atoms with van der Waals surface area (Å²) in [6.45, 7) is 1.23. The van der Waals surface area contributed by atoms with E-state index in [4.69, 9.17) is 5.73 Å². The molecule has 1 aliphatic rings. The molecule has 1 aromatic rings. The van der Waals surface area contributed by atoms with Gasteiger partial charge in [0.25, 0.3) is 0 Å². The highest BCUT2D eigenvalue weighted by Gasteiger charge is 2.33. The van der Waals surface area contributed by atoms with E-state index in [-0.39, 0.29) is 11.8 Å². The molecule has 94 valence electrons. The first kappa shape index (κ1) is 12.5. The van der Waals surface area contributed by atoms with E-state index in [2.05, 4.69) is 4.98 Å². The van der Waals surface area contributed by atoms with Crippen molar-refractivity contribution in [1.82, 2.24) is 9.88 Å². The van der Waals surface area contributed by atoms with E-state index in [9.17, 15) is 4.79 Å². The van der Waals surface area contributed by atoms with Crippen molar-refractivity contribution >= 4 is 17.2 Å². The van der Waals surface area contributed by atoms with Gasteiger partial charge in [-0.3, -0.25) is 4.79 Å². The number of thiazole rings is 1. The monoisotopic (exact) mass is 253 g/mol. The Balaban J connectivity index is 1.94. The van der Waals surface area contributed by atoms with Crippen LogP contribution in [0.5, 0.6) is 0 Å². The van der Waals surface area contributed by atoms with E-state index < -0.39 is 0 Å². The molecule has 0 bridgehead atoms. The van der Waals surface area contributed by atoms with Crippen molar-refractivity contribution in [3.63, 3.8) is 0 Å². The van der Waals surface area contributed by atoms with Crippen molar-refractivity contribution in [1.29, 1.82) is 0 Å². The molecular formula is C12H19N3OS. The number of rotatable bonds is 4. The van der Waals surface area contributed by atoms with Crippen LogP contribution in [0.15, 0.2) is 10.9 Å². The summed E-state index contributed by atoms with van der Waals surface area (Å²) in [5.74, 6) is 0.731. The van der Waals surface area contributed by atoms with Crippen LogP contribution in [0.2, 0.25) is 0 Å². The Morgan fingerprint density at radius 2 is 2.47 bits per heavy atom. The lowest BCUT2D eigenvalue weighted by molar-refractivity contribution is -0.135. The van der Waals surface area contributed by atoms with Crippen molar-refractivity contribution < 1.29 is 4.79 Å². The molecule has 17 heavy (non-hydrogen) atoms. The van der Waals surface area contributed by atoms with Crippen molar-refractivity contribution in [2.75, 3.05) is 13.6 Å². The SMILES string of the molecule is CN(Cc1cscn1)C(=O)[C@@H]1CCC[C@@H]1CN. The highest BCUT2D eigenvalue weighted by molar-refractivity contribution is 7.07. The van der Waals surface area contributed by atoms with Crippen LogP contribution in [0.3, 0.4) is 0 Å². The van der Waals surface area contributed by atoms with Crippen LogP contribution in [0.25, 0.3) is 0 Å². The van der Waals surface area contributed by atoms with Gasteiger partial charge in [-0.1, -0.05) is 6.42 Å². The smallest absolute Gasteiger partial charge is 0.226 e. The van der Waals surface area contributed by atoms with E-state index >= 15 is 0 Å². The fourth-order valence-corrected chi connectivity index (χ4v) is 3.11. The zero-order valence-corrected chi connectivity index (χ0v) is 10.9. The number of hydrogen-bond donors (Lipinski definition) is 1. The van der Waals surface area contributed by atoms with Crippen molar-refractivity contribution in [2.24, 2.45) is 17.6 Å². The summed E-state index contributed by atoms with van der Waals surface area (Å²) in [5.41, 5.74) is 8.48. The zero-order chi connectivity index (χ0) is 12.3. The average molecular weight is 253 g/mol. The van der Waals surface area contributed by atoms with Crippen molar-refractivity contribution in [3.8, 4) is 0 Å². The fraction of sp³-hybridized carbons (Fsp3) is 0.667. The van der Waals surface area contributed by atoms with Gasteiger partial charge in [0.2, 0.25) is 5.91 Å². The van der Waals surface area contributed by atoms with Gasteiger partial charge in [0.15, 0.2) is 0 Å². The maximum Gasteiger partial charge on any atom is 0.226 e. The molecule has 1 heterocycles. The molecule has 1 fully saturated rings. The molecule has 4 nitrogen and oxygen atoms in total. The maximum absolute atomic E-state index is 12.3. The van der Waals surface area contributed by atoms with E-state index in [1.54, 1.807) is 21.7 Å². The molecule has 1 saturated carbocycles. The van der Waals surface area contributed by atoms with Crippen LogP contribution < -0.4 is 5.73 Å². The molecule has 1 aromatic heterocycles.